The molecule has 0 spiro atoms. The van der Waals surface area contributed by atoms with Crippen LogP contribution >= 0.6 is 11.6 Å². The molecule has 47 heavy (non-hydrogen) atoms. The van der Waals surface area contributed by atoms with E-state index < -0.39 is 25.7 Å². The van der Waals surface area contributed by atoms with Gasteiger partial charge in [-0.15, -0.1) is 0 Å². The number of hydrogen-bond acceptors (Lipinski definition) is 10. The van der Waals surface area contributed by atoms with Crippen LogP contribution < -0.4 is 18.9 Å². The number of sulfone groups is 1. The fraction of sp³-hybridized carbons (Fsp3) is 0.303. The van der Waals surface area contributed by atoms with Crippen molar-refractivity contribution in [2.45, 2.75) is 31.6 Å². The molecular weight excluding hydrogens is 668 g/mol. The lowest BCUT2D eigenvalue weighted by molar-refractivity contribution is 0.171. The van der Waals surface area contributed by atoms with E-state index in [1.54, 1.807) is 24.1 Å². The standard InChI is InChI=1S/C33H35ClN2O9S2/c1-22-25(5-4-6-28(22)24-7-8-30-33(15-24)43-11-10-42-30)21-45-32-16-31(44-20-23-13-27(18-35-17-23)46(3,37)38)26(14-29(32)34)19-36(2)9-12-47(39,40)41/h4-8,13-18H,9-12,19-21H2,1-3H3,(H,39,40,41). The van der Waals surface area contributed by atoms with Crippen LogP contribution in [0.25, 0.3) is 11.1 Å². The van der Waals surface area contributed by atoms with Crippen LogP contribution in [-0.2, 0) is 39.7 Å². The molecule has 250 valence electrons. The van der Waals surface area contributed by atoms with Gasteiger partial charge in [-0.05, 0) is 60.5 Å². The van der Waals surface area contributed by atoms with Crippen LogP contribution in [0.15, 0.2) is 71.9 Å². The van der Waals surface area contributed by atoms with Crippen molar-refractivity contribution in [2.75, 3.05) is 38.8 Å². The highest BCUT2D eigenvalue weighted by Crippen LogP contribution is 2.37. The predicted molar refractivity (Wildman–Crippen MR) is 178 cm³/mol. The Morgan fingerprint density at radius 1 is 0.915 bits per heavy atom. The van der Waals surface area contributed by atoms with Gasteiger partial charge < -0.3 is 23.8 Å². The minimum atomic E-state index is -4.15. The van der Waals surface area contributed by atoms with E-state index in [9.17, 15) is 21.4 Å². The van der Waals surface area contributed by atoms with E-state index in [-0.39, 0.29) is 31.2 Å². The third-order valence-electron chi connectivity index (χ3n) is 7.56. The number of benzene rings is 3. The molecule has 0 bridgehead atoms. The second kappa shape index (κ2) is 14.5. The van der Waals surface area contributed by atoms with Gasteiger partial charge in [-0.3, -0.25) is 9.54 Å². The SMILES string of the molecule is Cc1c(COc2cc(OCc3cncc(S(C)(=O)=O)c3)c(CN(C)CCS(=O)(=O)O)cc2Cl)cccc1-c1ccc2c(c1)OCCO2. The molecule has 11 nitrogen and oxygen atoms in total. The molecule has 0 saturated heterocycles. The van der Waals surface area contributed by atoms with Crippen molar-refractivity contribution in [2.24, 2.45) is 0 Å². The smallest absolute Gasteiger partial charge is 0.266 e. The molecule has 4 aromatic rings. The molecule has 1 aromatic heterocycles. The summed E-state index contributed by atoms with van der Waals surface area (Å²) in [6, 6.07) is 16.7. The molecule has 0 aliphatic carbocycles. The Labute approximate surface area is 279 Å². The number of ether oxygens (including phenoxy) is 4. The zero-order chi connectivity index (χ0) is 33.8. The molecular formula is C33H35ClN2O9S2. The predicted octanol–water partition coefficient (Wildman–Crippen LogP) is 5.36. The average Bonchev–Trinajstić information content (AvgIpc) is 3.02. The van der Waals surface area contributed by atoms with E-state index in [1.807, 2.05) is 43.3 Å². The highest BCUT2D eigenvalue weighted by atomic mass is 35.5. The fourth-order valence-corrected chi connectivity index (χ4v) is 6.41. The molecule has 0 saturated carbocycles. The third-order valence-corrected chi connectivity index (χ3v) is 9.63. The largest absolute Gasteiger partial charge is 0.488 e. The molecule has 0 fully saturated rings. The normalized spacial score (nSPS) is 13.1. The minimum absolute atomic E-state index is 0.00412. The van der Waals surface area contributed by atoms with Gasteiger partial charge in [0, 0.05) is 48.9 Å². The molecule has 3 aromatic carbocycles. The van der Waals surface area contributed by atoms with Crippen LogP contribution in [0, 0.1) is 6.92 Å². The van der Waals surface area contributed by atoms with E-state index in [4.69, 9.17) is 30.5 Å². The zero-order valence-corrected chi connectivity index (χ0v) is 28.5. The third kappa shape index (κ3) is 9.14. The van der Waals surface area contributed by atoms with Gasteiger partial charge in [0.2, 0.25) is 0 Å². The summed E-state index contributed by atoms with van der Waals surface area (Å²) < 4.78 is 79.6. The summed E-state index contributed by atoms with van der Waals surface area (Å²) in [7, 11) is -5.92. The Balaban J connectivity index is 1.38. The van der Waals surface area contributed by atoms with Gasteiger partial charge in [-0.1, -0.05) is 35.9 Å². The number of aromatic nitrogens is 1. The van der Waals surface area contributed by atoms with Crippen LogP contribution in [0.5, 0.6) is 23.0 Å². The zero-order valence-electron chi connectivity index (χ0n) is 26.1. The summed E-state index contributed by atoms with van der Waals surface area (Å²) in [6.45, 7) is 3.54. The van der Waals surface area contributed by atoms with Crippen LogP contribution in [0.4, 0.5) is 0 Å². The number of pyridine rings is 1. The first-order chi connectivity index (χ1) is 22.3. The van der Waals surface area contributed by atoms with Gasteiger partial charge in [0.05, 0.1) is 15.7 Å². The Hall–Kier alpha value is -3.88. The lowest BCUT2D eigenvalue weighted by atomic mass is 9.96. The molecule has 0 radical (unpaired) electrons. The number of rotatable bonds is 13. The lowest BCUT2D eigenvalue weighted by Gasteiger charge is -2.21. The number of halogens is 1. The first kappa shape index (κ1) is 34.5. The highest BCUT2D eigenvalue weighted by molar-refractivity contribution is 7.90. The molecule has 0 unspecified atom stereocenters. The van der Waals surface area contributed by atoms with Crippen LogP contribution in [0.3, 0.4) is 0 Å². The van der Waals surface area contributed by atoms with Crippen molar-refractivity contribution < 1.29 is 40.3 Å². The Morgan fingerprint density at radius 2 is 1.66 bits per heavy atom. The van der Waals surface area contributed by atoms with Crippen molar-refractivity contribution >= 4 is 31.6 Å². The first-order valence-electron chi connectivity index (χ1n) is 14.6. The van der Waals surface area contributed by atoms with Crippen molar-refractivity contribution in [3.8, 4) is 34.1 Å². The summed E-state index contributed by atoms with van der Waals surface area (Å²) >= 11 is 6.69. The molecule has 0 amide bonds. The lowest BCUT2D eigenvalue weighted by Crippen LogP contribution is -2.25. The van der Waals surface area contributed by atoms with Crippen molar-refractivity contribution in [3.63, 3.8) is 0 Å². The maximum atomic E-state index is 12.0. The quantitative estimate of drug-likeness (QED) is 0.180. The molecule has 1 aliphatic rings. The van der Waals surface area contributed by atoms with E-state index in [2.05, 4.69) is 4.98 Å². The Morgan fingerprint density at radius 3 is 2.40 bits per heavy atom. The molecule has 1 N–H and O–H groups in total. The minimum Gasteiger partial charge on any atom is -0.488 e. The molecule has 5 rings (SSSR count). The molecule has 0 atom stereocenters. The maximum absolute atomic E-state index is 12.0. The summed E-state index contributed by atoms with van der Waals surface area (Å²) in [6.07, 6.45) is 3.89. The maximum Gasteiger partial charge on any atom is 0.266 e. The van der Waals surface area contributed by atoms with Gasteiger partial charge in [-0.25, -0.2) is 8.42 Å². The average molecular weight is 703 g/mol. The highest BCUT2D eigenvalue weighted by Gasteiger charge is 2.18. The second-order valence-corrected chi connectivity index (χ2v) is 15.2. The topological polar surface area (TPSA) is 142 Å². The monoisotopic (exact) mass is 702 g/mol. The number of hydrogen-bond donors (Lipinski definition) is 1. The summed E-state index contributed by atoms with van der Waals surface area (Å²) in [5, 5.41) is 0.317. The summed E-state index contributed by atoms with van der Waals surface area (Å²) in [5.41, 5.74) is 5.12. The molecule has 2 heterocycles. The van der Waals surface area contributed by atoms with Gasteiger partial charge in [0.25, 0.3) is 10.1 Å². The Bertz CT molecular complexity index is 1990. The van der Waals surface area contributed by atoms with E-state index in [0.29, 0.717) is 46.6 Å². The van der Waals surface area contributed by atoms with Crippen LogP contribution in [0.2, 0.25) is 5.02 Å². The van der Waals surface area contributed by atoms with Gasteiger partial charge in [-0.2, -0.15) is 8.42 Å². The van der Waals surface area contributed by atoms with Gasteiger partial charge >= 0.3 is 0 Å². The summed E-state index contributed by atoms with van der Waals surface area (Å²) in [5.74, 6) is 1.74. The number of fused-ring (bicyclic) bond motifs is 1. The van der Waals surface area contributed by atoms with E-state index in [0.717, 1.165) is 34.3 Å². The number of nitrogens with zero attached hydrogens (tertiary/aromatic N) is 2. The van der Waals surface area contributed by atoms with Crippen molar-refractivity contribution in [3.05, 3.63) is 94.3 Å². The van der Waals surface area contributed by atoms with Crippen LogP contribution in [0.1, 0.15) is 22.3 Å². The van der Waals surface area contributed by atoms with Crippen molar-refractivity contribution in [1.82, 2.24) is 9.88 Å². The van der Waals surface area contributed by atoms with E-state index >= 15 is 0 Å². The van der Waals surface area contributed by atoms with E-state index in [1.165, 1.54) is 18.5 Å². The van der Waals surface area contributed by atoms with Crippen LogP contribution in [-0.4, -0.2) is 70.1 Å². The fourth-order valence-electron chi connectivity index (χ4n) is 5.01. The Kier molecular flexibility index (Phi) is 10.6. The molecule has 14 heteroatoms. The van der Waals surface area contributed by atoms with Gasteiger partial charge in [0.15, 0.2) is 21.3 Å². The first-order valence-corrected chi connectivity index (χ1v) is 18.5. The summed E-state index contributed by atoms with van der Waals surface area (Å²) in [4.78, 5) is 5.79. The van der Waals surface area contributed by atoms with Gasteiger partial charge in [0.1, 0.15) is 37.9 Å². The second-order valence-electron chi connectivity index (χ2n) is 11.2. The van der Waals surface area contributed by atoms with Crippen molar-refractivity contribution in [1.29, 1.82) is 0 Å². The molecule has 1 aliphatic heterocycles.